The average Bonchev–Trinajstić information content (AvgIpc) is 2.79. The van der Waals surface area contributed by atoms with Crippen molar-refractivity contribution in [2.24, 2.45) is 5.92 Å². The van der Waals surface area contributed by atoms with Gasteiger partial charge in [-0.05, 0) is 25.7 Å². The highest BCUT2D eigenvalue weighted by Gasteiger charge is 2.26. The molecular weight excluding hydrogens is 206 g/mol. The highest BCUT2D eigenvalue weighted by molar-refractivity contribution is 7.99. The highest BCUT2D eigenvalue weighted by atomic mass is 32.2. The van der Waals surface area contributed by atoms with Gasteiger partial charge in [0.2, 0.25) is 0 Å². The second-order valence-electron chi connectivity index (χ2n) is 4.53. The summed E-state index contributed by atoms with van der Waals surface area (Å²) < 4.78 is 5.61. The third-order valence-corrected chi connectivity index (χ3v) is 4.95. The van der Waals surface area contributed by atoms with E-state index in [4.69, 9.17) is 10.00 Å². The minimum Gasteiger partial charge on any atom is -0.377 e. The summed E-state index contributed by atoms with van der Waals surface area (Å²) in [7, 11) is 0. The zero-order chi connectivity index (χ0) is 10.5. The second kappa shape index (κ2) is 5.77. The molecule has 84 valence electrons. The van der Waals surface area contributed by atoms with Gasteiger partial charge >= 0.3 is 0 Å². The predicted octanol–water partition coefficient (Wildman–Crippen LogP) is 2.98. The van der Waals surface area contributed by atoms with Crippen molar-refractivity contribution in [2.75, 3.05) is 12.4 Å². The SMILES string of the molecule is N#CC1CCCCC1SCC1CCCO1. The van der Waals surface area contributed by atoms with E-state index in [9.17, 15) is 0 Å². The van der Waals surface area contributed by atoms with Crippen LogP contribution in [-0.2, 0) is 4.74 Å². The molecule has 1 heterocycles. The van der Waals surface area contributed by atoms with Crippen molar-refractivity contribution in [3.05, 3.63) is 0 Å². The summed E-state index contributed by atoms with van der Waals surface area (Å²) in [5.41, 5.74) is 0. The lowest BCUT2D eigenvalue weighted by Gasteiger charge is -2.26. The molecule has 1 aliphatic heterocycles. The maximum absolute atomic E-state index is 9.06. The van der Waals surface area contributed by atoms with Gasteiger partial charge in [-0.2, -0.15) is 17.0 Å². The Hall–Kier alpha value is -0.200. The lowest BCUT2D eigenvalue weighted by Crippen LogP contribution is -2.22. The Morgan fingerprint density at radius 1 is 1.20 bits per heavy atom. The van der Waals surface area contributed by atoms with E-state index in [2.05, 4.69) is 6.07 Å². The summed E-state index contributed by atoms with van der Waals surface area (Å²) in [5.74, 6) is 1.40. The number of hydrogen-bond donors (Lipinski definition) is 0. The molecule has 0 amide bonds. The molecule has 1 saturated carbocycles. The quantitative estimate of drug-likeness (QED) is 0.740. The van der Waals surface area contributed by atoms with Crippen molar-refractivity contribution in [1.29, 1.82) is 5.26 Å². The zero-order valence-electron chi connectivity index (χ0n) is 9.15. The van der Waals surface area contributed by atoms with Gasteiger partial charge in [0.25, 0.3) is 0 Å². The van der Waals surface area contributed by atoms with Crippen molar-refractivity contribution >= 4 is 11.8 Å². The Labute approximate surface area is 96.4 Å². The molecule has 0 aromatic carbocycles. The fourth-order valence-corrected chi connectivity index (χ4v) is 3.94. The fourth-order valence-electron chi connectivity index (χ4n) is 2.45. The molecule has 2 nitrogen and oxygen atoms in total. The van der Waals surface area contributed by atoms with Gasteiger partial charge in [-0.25, -0.2) is 0 Å². The predicted molar refractivity (Wildman–Crippen MR) is 62.8 cm³/mol. The Bertz CT molecular complexity index is 232. The smallest absolute Gasteiger partial charge is 0.0667 e. The topological polar surface area (TPSA) is 33.0 Å². The van der Waals surface area contributed by atoms with Gasteiger partial charge in [-0.15, -0.1) is 0 Å². The van der Waals surface area contributed by atoms with E-state index in [1.54, 1.807) is 0 Å². The number of ether oxygens (including phenoxy) is 1. The molecule has 2 rings (SSSR count). The van der Waals surface area contributed by atoms with Crippen molar-refractivity contribution in [1.82, 2.24) is 0 Å². The summed E-state index contributed by atoms with van der Waals surface area (Å²) in [6.07, 6.45) is 7.80. The van der Waals surface area contributed by atoms with Gasteiger partial charge in [-0.3, -0.25) is 0 Å². The fraction of sp³-hybridized carbons (Fsp3) is 0.917. The van der Waals surface area contributed by atoms with Crippen LogP contribution in [0.1, 0.15) is 38.5 Å². The number of hydrogen-bond acceptors (Lipinski definition) is 3. The molecule has 2 fully saturated rings. The normalized spacial score (nSPS) is 36.3. The first kappa shape index (κ1) is 11.3. The summed E-state index contributed by atoms with van der Waals surface area (Å²) >= 11 is 1.98. The van der Waals surface area contributed by atoms with E-state index in [1.165, 1.54) is 32.1 Å². The van der Waals surface area contributed by atoms with Crippen molar-refractivity contribution in [2.45, 2.75) is 49.9 Å². The van der Waals surface area contributed by atoms with Crippen LogP contribution in [0.25, 0.3) is 0 Å². The van der Waals surface area contributed by atoms with Gasteiger partial charge < -0.3 is 4.74 Å². The van der Waals surface area contributed by atoms with E-state index in [-0.39, 0.29) is 0 Å². The van der Waals surface area contributed by atoms with Gasteiger partial charge in [0.05, 0.1) is 18.1 Å². The van der Waals surface area contributed by atoms with E-state index in [0.29, 0.717) is 17.3 Å². The molecule has 3 unspecified atom stereocenters. The first-order chi connectivity index (χ1) is 7.40. The molecule has 3 heteroatoms. The standard InChI is InChI=1S/C12H19NOS/c13-8-10-4-1-2-6-12(10)15-9-11-5-3-7-14-11/h10-12H,1-7,9H2. The van der Waals surface area contributed by atoms with Gasteiger partial charge in [0.1, 0.15) is 0 Å². The molecule has 0 aromatic heterocycles. The van der Waals surface area contributed by atoms with Crippen LogP contribution in [0, 0.1) is 17.2 Å². The summed E-state index contributed by atoms with van der Waals surface area (Å²) in [4.78, 5) is 0. The minimum absolute atomic E-state index is 0.296. The van der Waals surface area contributed by atoms with Crippen LogP contribution in [0.5, 0.6) is 0 Å². The van der Waals surface area contributed by atoms with E-state index < -0.39 is 0 Å². The highest BCUT2D eigenvalue weighted by Crippen LogP contribution is 2.34. The summed E-state index contributed by atoms with van der Waals surface area (Å²) in [5, 5.41) is 9.64. The average molecular weight is 225 g/mol. The van der Waals surface area contributed by atoms with Gasteiger partial charge in [-0.1, -0.05) is 12.8 Å². The lowest BCUT2D eigenvalue weighted by atomic mass is 9.90. The van der Waals surface area contributed by atoms with Gasteiger partial charge in [0.15, 0.2) is 0 Å². The molecule has 0 radical (unpaired) electrons. The van der Waals surface area contributed by atoms with Gasteiger partial charge in [0, 0.05) is 17.6 Å². The van der Waals surface area contributed by atoms with Crippen molar-refractivity contribution in [3.63, 3.8) is 0 Å². The number of nitrogens with zero attached hydrogens (tertiary/aromatic N) is 1. The Morgan fingerprint density at radius 2 is 2.07 bits per heavy atom. The molecule has 0 aromatic rings. The van der Waals surface area contributed by atoms with Crippen LogP contribution in [-0.4, -0.2) is 23.7 Å². The van der Waals surface area contributed by atoms with Crippen molar-refractivity contribution in [3.8, 4) is 6.07 Å². The second-order valence-corrected chi connectivity index (χ2v) is 5.80. The summed E-state index contributed by atoms with van der Waals surface area (Å²) in [6.45, 7) is 0.942. The third-order valence-electron chi connectivity index (χ3n) is 3.39. The van der Waals surface area contributed by atoms with Crippen molar-refractivity contribution < 1.29 is 4.74 Å². The number of thioether (sulfide) groups is 1. The third kappa shape index (κ3) is 3.12. The molecule has 3 atom stereocenters. The molecule has 0 spiro atoms. The monoisotopic (exact) mass is 225 g/mol. The lowest BCUT2D eigenvalue weighted by molar-refractivity contribution is 0.128. The maximum atomic E-state index is 9.06. The van der Waals surface area contributed by atoms with Crippen LogP contribution in [0.4, 0.5) is 0 Å². The molecule has 15 heavy (non-hydrogen) atoms. The molecule has 1 saturated heterocycles. The first-order valence-electron chi connectivity index (χ1n) is 6.03. The van der Waals surface area contributed by atoms with E-state index in [0.717, 1.165) is 18.8 Å². The molecule has 0 bridgehead atoms. The van der Waals surface area contributed by atoms with E-state index >= 15 is 0 Å². The molecule has 0 N–H and O–H groups in total. The van der Waals surface area contributed by atoms with Crippen LogP contribution in [0.2, 0.25) is 0 Å². The molecule has 2 aliphatic rings. The minimum atomic E-state index is 0.296. The zero-order valence-corrected chi connectivity index (χ0v) is 9.97. The molecular formula is C12H19NOS. The van der Waals surface area contributed by atoms with Crippen LogP contribution < -0.4 is 0 Å². The Morgan fingerprint density at radius 3 is 2.80 bits per heavy atom. The largest absolute Gasteiger partial charge is 0.377 e. The maximum Gasteiger partial charge on any atom is 0.0667 e. The Kier molecular flexibility index (Phi) is 4.34. The van der Waals surface area contributed by atoms with Crippen LogP contribution >= 0.6 is 11.8 Å². The first-order valence-corrected chi connectivity index (χ1v) is 7.08. The summed E-state index contributed by atoms with van der Waals surface area (Å²) in [6, 6.07) is 2.47. The number of nitriles is 1. The van der Waals surface area contributed by atoms with E-state index in [1.807, 2.05) is 11.8 Å². The number of rotatable bonds is 3. The molecule has 1 aliphatic carbocycles. The van der Waals surface area contributed by atoms with Crippen LogP contribution in [0.3, 0.4) is 0 Å². The Balaban J connectivity index is 1.74. The van der Waals surface area contributed by atoms with Crippen LogP contribution in [0.15, 0.2) is 0 Å².